The zero-order valence-electron chi connectivity index (χ0n) is 13.9. The van der Waals surface area contributed by atoms with Crippen LogP contribution in [0.2, 0.25) is 0 Å². The molecular formula is C19H19BrN2O3. The van der Waals surface area contributed by atoms with Gasteiger partial charge in [-0.3, -0.25) is 9.59 Å². The molecule has 2 aromatic carbocycles. The first-order chi connectivity index (χ1) is 12.1. The van der Waals surface area contributed by atoms with Crippen LogP contribution in [0.3, 0.4) is 0 Å². The number of halogens is 1. The minimum absolute atomic E-state index is 0.162. The number of benzene rings is 2. The Morgan fingerprint density at radius 2 is 2.04 bits per heavy atom. The van der Waals surface area contributed by atoms with Gasteiger partial charge in [0.2, 0.25) is 0 Å². The van der Waals surface area contributed by atoms with Gasteiger partial charge in [0.05, 0.1) is 12.2 Å². The summed E-state index contributed by atoms with van der Waals surface area (Å²) >= 11 is 3.39. The van der Waals surface area contributed by atoms with Crippen molar-refractivity contribution >= 4 is 33.4 Å². The largest absolute Gasteiger partial charge is 0.477 e. The van der Waals surface area contributed by atoms with Crippen molar-refractivity contribution in [3.8, 4) is 5.75 Å². The number of amides is 2. The van der Waals surface area contributed by atoms with Crippen LogP contribution in [0.5, 0.6) is 5.75 Å². The maximum Gasteiger partial charge on any atom is 0.262 e. The van der Waals surface area contributed by atoms with E-state index in [0.717, 1.165) is 10.9 Å². The molecule has 0 spiro atoms. The van der Waals surface area contributed by atoms with E-state index in [2.05, 4.69) is 21.2 Å². The van der Waals surface area contributed by atoms with Crippen molar-refractivity contribution in [1.82, 2.24) is 5.32 Å². The number of anilines is 1. The Hall–Kier alpha value is -2.34. The van der Waals surface area contributed by atoms with Gasteiger partial charge in [0.1, 0.15) is 5.75 Å². The fourth-order valence-electron chi connectivity index (χ4n) is 2.70. The van der Waals surface area contributed by atoms with Gasteiger partial charge in [-0.05, 0) is 36.8 Å². The van der Waals surface area contributed by atoms with E-state index in [1.165, 1.54) is 0 Å². The van der Waals surface area contributed by atoms with Crippen molar-refractivity contribution in [2.24, 2.45) is 0 Å². The molecule has 0 saturated heterocycles. The van der Waals surface area contributed by atoms with Gasteiger partial charge in [0.15, 0.2) is 6.10 Å². The van der Waals surface area contributed by atoms with Gasteiger partial charge < -0.3 is 15.0 Å². The summed E-state index contributed by atoms with van der Waals surface area (Å²) in [5.41, 5.74) is 1.23. The van der Waals surface area contributed by atoms with E-state index in [0.29, 0.717) is 23.5 Å². The zero-order valence-corrected chi connectivity index (χ0v) is 15.5. The van der Waals surface area contributed by atoms with Gasteiger partial charge in [0.25, 0.3) is 11.8 Å². The number of ether oxygens (including phenoxy) is 1. The predicted octanol–water partition coefficient (Wildman–Crippen LogP) is 3.38. The average molecular weight is 403 g/mol. The van der Waals surface area contributed by atoms with Crippen LogP contribution in [-0.2, 0) is 4.79 Å². The molecule has 2 aromatic rings. The number of nitrogens with one attached hydrogen (secondary N) is 1. The number of carbonyl (C=O) groups excluding carboxylic acids is 2. The summed E-state index contributed by atoms with van der Waals surface area (Å²) < 4.78 is 6.65. The maximum atomic E-state index is 13.0. The maximum absolute atomic E-state index is 13.0. The summed E-state index contributed by atoms with van der Waals surface area (Å²) in [6.45, 7) is 2.75. The minimum Gasteiger partial charge on any atom is -0.477 e. The van der Waals surface area contributed by atoms with Gasteiger partial charge in [-0.25, -0.2) is 0 Å². The molecule has 0 fully saturated rings. The normalized spacial score (nSPS) is 15.9. The minimum atomic E-state index is -0.724. The van der Waals surface area contributed by atoms with E-state index in [-0.39, 0.29) is 18.4 Å². The smallest absolute Gasteiger partial charge is 0.262 e. The summed E-state index contributed by atoms with van der Waals surface area (Å²) in [6, 6.07) is 14.5. The predicted molar refractivity (Wildman–Crippen MR) is 100.0 cm³/mol. The summed E-state index contributed by atoms with van der Waals surface area (Å²) in [5, 5.41) is 2.83. The number of rotatable bonds is 4. The van der Waals surface area contributed by atoms with Crippen LogP contribution in [0.15, 0.2) is 53.0 Å². The van der Waals surface area contributed by atoms with Crippen LogP contribution < -0.4 is 15.0 Å². The molecule has 0 bridgehead atoms. The second kappa shape index (κ2) is 7.70. The molecule has 25 heavy (non-hydrogen) atoms. The number of fused-ring (bicyclic) bond motifs is 1. The van der Waals surface area contributed by atoms with Crippen LogP contribution in [0.25, 0.3) is 0 Å². The third-order valence-corrected chi connectivity index (χ3v) is 4.43. The number of hydrogen-bond donors (Lipinski definition) is 1. The van der Waals surface area contributed by atoms with Gasteiger partial charge in [-0.1, -0.05) is 41.1 Å². The topological polar surface area (TPSA) is 58.6 Å². The second-order valence-electron chi connectivity index (χ2n) is 5.79. The SMILES string of the molecule is CCCNC(=O)[C@@H]1CN(C(=O)c2cccc(Br)c2)c2ccccc2O1. The molecule has 1 heterocycles. The van der Waals surface area contributed by atoms with Crippen LogP contribution in [0.1, 0.15) is 23.7 Å². The van der Waals surface area contributed by atoms with Crippen molar-refractivity contribution in [2.45, 2.75) is 19.4 Å². The summed E-state index contributed by atoms with van der Waals surface area (Å²) in [7, 11) is 0. The van der Waals surface area contributed by atoms with E-state index in [1.54, 1.807) is 23.1 Å². The molecule has 0 unspecified atom stereocenters. The van der Waals surface area contributed by atoms with E-state index in [1.807, 2.05) is 37.3 Å². The quantitative estimate of drug-likeness (QED) is 0.852. The van der Waals surface area contributed by atoms with Crippen molar-refractivity contribution in [1.29, 1.82) is 0 Å². The highest BCUT2D eigenvalue weighted by Crippen LogP contribution is 2.34. The van der Waals surface area contributed by atoms with Gasteiger partial charge in [-0.15, -0.1) is 0 Å². The fraction of sp³-hybridized carbons (Fsp3) is 0.263. The zero-order chi connectivity index (χ0) is 17.8. The first kappa shape index (κ1) is 17.5. The molecule has 0 saturated carbocycles. The Balaban J connectivity index is 1.91. The second-order valence-corrected chi connectivity index (χ2v) is 6.71. The summed E-state index contributed by atoms with van der Waals surface area (Å²) in [6.07, 6.45) is 0.119. The summed E-state index contributed by atoms with van der Waals surface area (Å²) in [5.74, 6) is 0.169. The van der Waals surface area contributed by atoms with Crippen LogP contribution in [0, 0.1) is 0 Å². The standard InChI is InChI=1S/C19H19BrN2O3/c1-2-10-21-18(23)17-12-22(15-8-3-4-9-16(15)25-17)19(24)13-6-5-7-14(20)11-13/h3-9,11,17H,2,10,12H2,1H3,(H,21,23)/t17-/m0/s1. The van der Waals surface area contributed by atoms with E-state index < -0.39 is 6.10 Å². The van der Waals surface area contributed by atoms with Crippen molar-refractivity contribution in [3.63, 3.8) is 0 Å². The highest BCUT2D eigenvalue weighted by molar-refractivity contribution is 9.10. The van der Waals surface area contributed by atoms with Gasteiger partial charge in [0, 0.05) is 16.6 Å². The Kier molecular flexibility index (Phi) is 5.38. The van der Waals surface area contributed by atoms with Crippen LogP contribution in [0.4, 0.5) is 5.69 Å². The molecule has 5 nitrogen and oxygen atoms in total. The number of carbonyl (C=O) groups is 2. The lowest BCUT2D eigenvalue weighted by atomic mass is 10.1. The summed E-state index contributed by atoms with van der Waals surface area (Å²) in [4.78, 5) is 27.0. The van der Waals surface area contributed by atoms with E-state index >= 15 is 0 Å². The Morgan fingerprint density at radius 3 is 2.80 bits per heavy atom. The lowest BCUT2D eigenvalue weighted by molar-refractivity contribution is -0.127. The molecule has 1 N–H and O–H groups in total. The number of hydrogen-bond acceptors (Lipinski definition) is 3. The third kappa shape index (κ3) is 3.85. The van der Waals surface area contributed by atoms with Gasteiger partial charge in [-0.2, -0.15) is 0 Å². The van der Waals surface area contributed by atoms with Crippen LogP contribution in [-0.4, -0.2) is 31.0 Å². The van der Waals surface area contributed by atoms with Crippen molar-refractivity contribution < 1.29 is 14.3 Å². The molecule has 0 radical (unpaired) electrons. The highest BCUT2D eigenvalue weighted by Gasteiger charge is 2.34. The molecule has 130 valence electrons. The molecule has 2 amide bonds. The molecule has 1 aliphatic heterocycles. The number of nitrogens with zero attached hydrogens (tertiary/aromatic N) is 1. The van der Waals surface area contributed by atoms with E-state index in [4.69, 9.17) is 4.74 Å². The Morgan fingerprint density at radius 1 is 1.24 bits per heavy atom. The fourth-order valence-corrected chi connectivity index (χ4v) is 3.10. The first-order valence-electron chi connectivity index (χ1n) is 8.21. The molecule has 0 aromatic heterocycles. The molecule has 3 rings (SSSR count). The average Bonchev–Trinajstić information content (AvgIpc) is 2.64. The van der Waals surface area contributed by atoms with Gasteiger partial charge >= 0.3 is 0 Å². The van der Waals surface area contributed by atoms with Crippen LogP contribution >= 0.6 is 15.9 Å². The molecular weight excluding hydrogens is 384 g/mol. The molecule has 1 atom stereocenters. The molecule has 0 aliphatic carbocycles. The number of para-hydroxylation sites is 2. The monoisotopic (exact) mass is 402 g/mol. The van der Waals surface area contributed by atoms with Crippen molar-refractivity contribution in [2.75, 3.05) is 18.0 Å². The van der Waals surface area contributed by atoms with Crippen molar-refractivity contribution in [3.05, 3.63) is 58.6 Å². The molecule has 1 aliphatic rings. The lowest BCUT2D eigenvalue weighted by Crippen LogP contribution is -2.50. The lowest BCUT2D eigenvalue weighted by Gasteiger charge is -2.34. The highest BCUT2D eigenvalue weighted by atomic mass is 79.9. The third-order valence-electron chi connectivity index (χ3n) is 3.93. The molecule has 6 heteroatoms. The Bertz CT molecular complexity index is 794. The Labute approximate surface area is 155 Å². The first-order valence-corrected chi connectivity index (χ1v) is 9.00. The van der Waals surface area contributed by atoms with E-state index in [9.17, 15) is 9.59 Å².